The number of benzene rings is 3. The van der Waals surface area contributed by atoms with E-state index in [1.165, 1.54) is 13.2 Å². The Labute approximate surface area is 246 Å². The van der Waals surface area contributed by atoms with Crippen molar-refractivity contribution in [3.8, 4) is 17.0 Å². The molecular weight excluding hydrogens is 552 g/mol. The number of primary amides is 1. The molecule has 0 radical (unpaired) electrons. The number of aromatic hydroxyl groups is 1. The van der Waals surface area contributed by atoms with E-state index in [9.17, 15) is 24.3 Å². The highest BCUT2D eigenvalue weighted by Gasteiger charge is 2.27. The first-order chi connectivity index (χ1) is 20.7. The lowest BCUT2D eigenvalue weighted by molar-refractivity contribution is -0.149. The number of carbonyl (C=O) groups is 4. The topological polar surface area (TPSA) is 188 Å². The minimum atomic E-state index is -1.19. The van der Waals surface area contributed by atoms with Crippen molar-refractivity contribution in [1.82, 2.24) is 9.97 Å². The zero-order valence-corrected chi connectivity index (χ0v) is 23.2. The Bertz CT molecular complexity index is 1770. The van der Waals surface area contributed by atoms with Crippen LogP contribution in [0.3, 0.4) is 0 Å². The Balaban J connectivity index is 0.000000204. The molecule has 2 aromatic heterocycles. The number of phenolic OH excluding ortho intramolecular Hbond substituents is 1. The number of methoxy groups -OCH3 is 1. The standard InChI is InChI=1S/C19H14N2O3.C13H16N2O4/c1-24-19(23)14-10-11(6-7-16(14)22)17-18-13(8-9-20-17)12-4-2-3-5-15(12)21-18;14-11(17)6-10(7-16)12(15)13(18)19-8-9-4-2-1-3-5-9/h2-10,21-22H,1H3;1-5,7,10,12H,6,8,15H2,(H2,14,17). The number of phenols is 1. The number of hydrogen-bond donors (Lipinski definition) is 4. The Morgan fingerprint density at radius 3 is 2.42 bits per heavy atom. The first-order valence-corrected chi connectivity index (χ1v) is 13.2. The predicted molar refractivity (Wildman–Crippen MR) is 160 cm³/mol. The van der Waals surface area contributed by atoms with Crippen molar-refractivity contribution in [1.29, 1.82) is 0 Å². The second kappa shape index (κ2) is 13.9. The Hall–Kier alpha value is -5.55. The number of carbonyl (C=O) groups excluding carboxylic acids is 4. The molecule has 5 rings (SSSR count). The van der Waals surface area contributed by atoms with Crippen LogP contribution in [0.5, 0.6) is 5.75 Å². The van der Waals surface area contributed by atoms with Crippen LogP contribution in [0, 0.1) is 5.92 Å². The fourth-order valence-corrected chi connectivity index (χ4v) is 4.44. The monoisotopic (exact) mass is 582 g/mol. The summed E-state index contributed by atoms with van der Waals surface area (Å²) in [4.78, 5) is 52.8. The molecule has 6 N–H and O–H groups in total. The summed E-state index contributed by atoms with van der Waals surface area (Å²) in [6.45, 7) is 0.0650. The van der Waals surface area contributed by atoms with Crippen LogP contribution in [-0.2, 0) is 30.5 Å². The molecule has 0 saturated carbocycles. The van der Waals surface area contributed by atoms with Crippen LogP contribution in [0.15, 0.2) is 85.1 Å². The molecule has 5 aromatic rings. The molecule has 0 aliphatic heterocycles. The second-order valence-electron chi connectivity index (χ2n) is 9.57. The molecule has 0 saturated heterocycles. The number of hydrogen-bond acceptors (Lipinski definition) is 9. The van der Waals surface area contributed by atoms with Gasteiger partial charge in [0.15, 0.2) is 0 Å². The van der Waals surface area contributed by atoms with Crippen molar-refractivity contribution < 1.29 is 33.8 Å². The Morgan fingerprint density at radius 2 is 1.72 bits per heavy atom. The molecule has 11 nitrogen and oxygen atoms in total. The van der Waals surface area contributed by atoms with E-state index in [0.717, 1.165) is 32.9 Å². The van der Waals surface area contributed by atoms with Gasteiger partial charge in [0.25, 0.3) is 0 Å². The summed E-state index contributed by atoms with van der Waals surface area (Å²) in [5.74, 6) is -3.08. The minimum Gasteiger partial charge on any atom is -0.507 e. The highest BCUT2D eigenvalue weighted by Crippen LogP contribution is 2.33. The first kappa shape index (κ1) is 30.4. The lowest BCUT2D eigenvalue weighted by atomic mass is 9.98. The average molecular weight is 583 g/mol. The number of esters is 2. The molecule has 220 valence electrons. The van der Waals surface area contributed by atoms with Gasteiger partial charge >= 0.3 is 11.9 Å². The molecule has 0 bridgehead atoms. The van der Waals surface area contributed by atoms with Crippen molar-refractivity contribution >= 4 is 45.9 Å². The number of para-hydroxylation sites is 1. The third kappa shape index (κ3) is 7.21. The maximum Gasteiger partial charge on any atom is 0.341 e. The number of ether oxygens (including phenoxy) is 2. The predicted octanol–water partition coefficient (Wildman–Crippen LogP) is 3.62. The van der Waals surface area contributed by atoms with E-state index in [-0.39, 0.29) is 24.3 Å². The maximum absolute atomic E-state index is 11.8. The number of pyridine rings is 1. The van der Waals surface area contributed by atoms with Crippen molar-refractivity contribution in [2.24, 2.45) is 17.4 Å². The van der Waals surface area contributed by atoms with E-state index >= 15 is 0 Å². The molecule has 3 aromatic carbocycles. The summed E-state index contributed by atoms with van der Waals surface area (Å²) in [5, 5.41) is 12.1. The highest BCUT2D eigenvalue weighted by atomic mass is 16.5. The number of aldehydes is 1. The SMILES string of the molecule is COC(=O)c1cc(-c2nccc3c2[nH]c2ccccc23)ccc1O.NC(=O)CC(C=O)C(N)C(=O)OCc1ccccc1. The van der Waals surface area contributed by atoms with E-state index < -0.39 is 29.8 Å². The molecular formula is C32H30N4O7. The number of rotatable bonds is 9. The third-order valence-electron chi connectivity index (χ3n) is 6.67. The average Bonchev–Trinajstić information content (AvgIpc) is 3.42. The molecule has 0 aliphatic rings. The van der Waals surface area contributed by atoms with Gasteiger partial charge in [0.05, 0.1) is 18.3 Å². The largest absolute Gasteiger partial charge is 0.507 e. The Morgan fingerprint density at radius 1 is 1.00 bits per heavy atom. The summed E-state index contributed by atoms with van der Waals surface area (Å²) in [7, 11) is 1.28. The summed E-state index contributed by atoms with van der Waals surface area (Å²) >= 11 is 0. The summed E-state index contributed by atoms with van der Waals surface area (Å²) in [5.41, 5.74) is 14.8. The lowest BCUT2D eigenvalue weighted by Gasteiger charge is -2.16. The molecule has 1 amide bonds. The minimum absolute atomic E-state index is 0.0650. The molecule has 0 spiro atoms. The van der Waals surface area contributed by atoms with Gasteiger partial charge in [-0.3, -0.25) is 14.6 Å². The maximum atomic E-state index is 11.8. The van der Waals surface area contributed by atoms with Gasteiger partial charge in [0.2, 0.25) is 5.91 Å². The zero-order valence-electron chi connectivity index (χ0n) is 23.2. The number of aromatic nitrogens is 2. The van der Waals surface area contributed by atoms with Crippen molar-refractivity contribution in [2.45, 2.75) is 19.1 Å². The summed E-state index contributed by atoms with van der Waals surface area (Å²) < 4.78 is 9.70. The lowest BCUT2D eigenvalue weighted by Crippen LogP contribution is -2.41. The molecule has 2 unspecified atom stereocenters. The van der Waals surface area contributed by atoms with Crippen LogP contribution in [0.4, 0.5) is 0 Å². The van der Waals surface area contributed by atoms with E-state index in [1.807, 2.05) is 42.5 Å². The number of fused-ring (bicyclic) bond motifs is 3. The molecule has 0 fully saturated rings. The van der Waals surface area contributed by atoms with Crippen molar-refractivity contribution in [3.63, 3.8) is 0 Å². The number of amides is 1. The second-order valence-corrected chi connectivity index (χ2v) is 9.57. The fraction of sp³-hybridized carbons (Fsp3) is 0.156. The van der Waals surface area contributed by atoms with Gasteiger partial charge in [-0.25, -0.2) is 4.79 Å². The number of nitrogens with zero attached hydrogens (tertiary/aromatic N) is 1. The summed E-state index contributed by atoms with van der Waals surface area (Å²) in [6.07, 6.45) is 1.91. The number of nitrogens with two attached hydrogens (primary N) is 2. The van der Waals surface area contributed by atoms with Gasteiger partial charge < -0.3 is 35.8 Å². The van der Waals surface area contributed by atoms with Crippen LogP contribution >= 0.6 is 0 Å². The van der Waals surface area contributed by atoms with Gasteiger partial charge in [-0.1, -0.05) is 48.5 Å². The smallest absolute Gasteiger partial charge is 0.341 e. The van der Waals surface area contributed by atoms with Crippen LogP contribution in [-0.4, -0.2) is 52.4 Å². The molecule has 11 heteroatoms. The molecule has 2 heterocycles. The van der Waals surface area contributed by atoms with Crippen LogP contribution in [0.2, 0.25) is 0 Å². The van der Waals surface area contributed by atoms with Gasteiger partial charge in [0, 0.05) is 40.4 Å². The van der Waals surface area contributed by atoms with Crippen molar-refractivity contribution in [2.75, 3.05) is 7.11 Å². The number of nitrogens with one attached hydrogen (secondary N) is 1. The Kier molecular flexibility index (Phi) is 9.82. The summed E-state index contributed by atoms with van der Waals surface area (Å²) in [6, 6.07) is 22.6. The van der Waals surface area contributed by atoms with Gasteiger partial charge in [0.1, 0.15) is 30.2 Å². The van der Waals surface area contributed by atoms with E-state index in [1.54, 1.807) is 30.5 Å². The first-order valence-electron chi connectivity index (χ1n) is 13.2. The highest BCUT2D eigenvalue weighted by molar-refractivity contribution is 6.11. The zero-order chi connectivity index (χ0) is 30.9. The van der Waals surface area contributed by atoms with Gasteiger partial charge in [-0.05, 0) is 35.9 Å². The molecule has 43 heavy (non-hydrogen) atoms. The van der Waals surface area contributed by atoms with Gasteiger partial charge in [-0.2, -0.15) is 0 Å². The normalized spacial score (nSPS) is 12.0. The number of H-pyrrole nitrogens is 1. The van der Waals surface area contributed by atoms with Gasteiger partial charge in [-0.15, -0.1) is 0 Å². The van der Waals surface area contributed by atoms with E-state index in [2.05, 4.69) is 16.0 Å². The molecule has 2 atom stereocenters. The quantitative estimate of drug-likeness (QED) is 0.149. The third-order valence-corrected chi connectivity index (χ3v) is 6.67. The van der Waals surface area contributed by atoms with E-state index in [0.29, 0.717) is 12.0 Å². The van der Waals surface area contributed by atoms with E-state index in [4.69, 9.17) is 20.9 Å². The van der Waals surface area contributed by atoms with Crippen LogP contribution < -0.4 is 11.5 Å². The fourth-order valence-electron chi connectivity index (χ4n) is 4.44. The van der Waals surface area contributed by atoms with Crippen LogP contribution in [0.1, 0.15) is 22.3 Å². The number of aromatic amines is 1. The van der Waals surface area contributed by atoms with Crippen molar-refractivity contribution in [3.05, 3.63) is 96.2 Å². The van der Waals surface area contributed by atoms with Crippen LogP contribution in [0.25, 0.3) is 33.1 Å². The molecule has 0 aliphatic carbocycles.